The maximum atomic E-state index is 13.2. The van der Waals surface area contributed by atoms with E-state index in [1.807, 2.05) is 6.07 Å². The summed E-state index contributed by atoms with van der Waals surface area (Å²) in [5.74, 6) is -4.32. The third-order valence-electron chi connectivity index (χ3n) is 6.11. The van der Waals surface area contributed by atoms with Crippen LogP contribution in [0.2, 0.25) is 0 Å². The predicted octanol–water partition coefficient (Wildman–Crippen LogP) is -0.558. The first kappa shape index (κ1) is 27.8. The molecule has 1 fully saturated rings. The quantitative estimate of drug-likeness (QED) is 0.215. The molecule has 1 aromatic rings. The van der Waals surface area contributed by atoms with Crippen molar-refractivity contribution in [3.8, 4) is 0 Å². The Morgan fingerprint density at radius 3 is 2.26 bits per heavy atom. The topological polar surface area (TPSA) is 180 Å². The Balaban J connectivity index is 2.20. The molecular formula is C24H35N5O6. The number of carbonyl (C=O) groups is 5. The third kappa shape index (κ3) is 8.67. The highest BCUT2D eigenvalue weighted by atomic mass is 16.4. The standard InChI is InChI=1S/C24H35N5O6/c1-3-14(2)20(24(34)35)29-23(33)18(13-19(25)30)28-22(32)17(12-15-8-5-4-6-9-15)27-21(31)16-10-7-11-26-16/h4-6,8-9,14,16-18,20,26H,3,7,10-13H2,1-2H3,(H2,25,30)(H,27,31)(H,28,32)(H,29,33)(H,34,35). The molecule has 0 radical (unpaired) electrons. The maximum absolute atomic E-state index is 13.2. The van der Waals surface area contributed by atoms with Crippen LogP contribution in [-0.2, 0) is 30.4 Å². The highest BCUT2D eigenvalue weighted by molar-refractivity contribution is 5.96. The second-order valence-electron chi connectivity index (χ2n) is 8.84. The molecule has 0 spiro atoms. The molecule has 1 saturated heterocycles. The van der Waals surface area contributed by atoms with Gasteiger partial charge in [-0.05, 0) is 30.9 Å². The number of amides is 4. The number of aliphatic carboxylic acids is 1. The molecular weight excluding hydrogens is 454 g/mol. The highest BCUT2D eigenvalue weighted by Crippen LogP contribution is 2.10. The average molecular weight is 490 g/mol. The van der Waals surface area contributed by atoms with E-state index >= 15 is 0 Å². The van der Waals surface area contributed by atoms with E-state index < -0.39 is 54.3 Å². The number of hydrogen-bond acceptors (Lipinski definition) is 6. The minimum Gasteiger partial charge on any atom is -0.480 e. The monoisotopic (exact) mass is 489 g/mol. The van der Waals surface area contributed by atoms with Crippen LogP contribution in [-0.4, -0.2) is 65.4 Å². The minimum absolute atomic E-state index is 0.153. The van der Waals surface area contributed by atoms with Gasteiger partial charge in [0.05, 0.1) is 12.5 Å². The van der Waals surface area contributed by atoms with Crippen LogP contribution in [0.3, 0.4) is 0 Å². The lowest BCUT2D eigenvalue weighted by Crippen LogP contribution is -2.58. The number of carboxylic acid groups (broad SMARTS) is 1. The van der Waals surface area contributed by atoms with Crippen molar-refractivity contribution in [1.29, 1.82) is 0 Å². The summed E-state index contributed by atoms with van der Waals surface area (Å²) in [4.78, 5) is 62.0. The van der Waals surface area contributed by atoms with Gasteiger partial charge in [0.25, 0.3) is 0 Å². The van der Waals surface area contributed by atoms with Gasteiger partial charge >= 0.3 is 5.97 Å². The first-order valence-electron chi connectivity index (χ1n) is 11.8. The van der Waals surface area contributed by atoms with Gasteiger partial charge in [-0.15, -0.1) is 0 Å². The van der Waals surface area contributed by atoms with Gasteiger partial charge in [0.15, 0.2) is 0 Å². The Morgan fingerprint density at radius 2 is 1.71 bits per heavy atom. The molecule has 7 N–H and O–H groups in total. The lowest BCUT2D eigenvalue weighted by molar-refractivity contribution is -0.144. The van der Waals surface area contributed by atoms with Gasteiger partial charge in [0.1, 0.15) is 18.1 Å². The number of rotatable bonds is 13. The lowest BCUT2D eigenvalue weighted by atomic mass is 9.98. The van der Waals surface area contributed by atoms with Crippen molar-refractivity contribution in [3.05, 3.63) is 35.9 Å². The molecule has 5 atom stereocenters. The van der Waals surface area contributed by atoms with E-state index in [9.17, 15) is 29.1 Å². The molecule has 0 aliphatic carbocycles. The summed E-state index contributed by atoms with van der Waals surface area (Å²) in [6.45, 7) is 4.16. The molecule has 1 aromatic carbocycles. The van der Waals surface area contributed by atoms with Gasteiger partial charge in [-0.1, -0.05) is 50.6 Å². The van der Waals surface area contributed by atoms with Gasteiger partial charge in [-0.2, -0.15) is 0 Å². The Bertz CT molecular complexity index is 903. The number of benzene rings is 1. The van der Waals surface area contributed by atoms with Gasteiger partial charge in [0, 0.05) is 6.42 Å². The molecule has 0 saturated carbocycles. The number of nitrogens with one attached hydrogen (secondary N) is 4. The fraction of sp³-hybridized carbons (Fsp3) is 0.542. The zero-order chi connectivity index (χ0) is 26.0. The Morgan fingerprint density at radius 1 is 1.06 bits per heavy atom. The molecule has 11 heteroatoms. The van der Waals surface area contributed by atoms with Crippen LogP contribution in [0, 0.1) is 5.92 Å². The first-order chi connectivity index (χ1) is 16.6. The van der Waals surface area contributed by atoms with E-state index in [4.69, 9.17) is 5.73 Å². The number of hydrogen-bond donors (Lipinski definition) is 6. The number of carboxylic acids is 1. The van der Waals surface area contributed by atoms with Crippen molar-refractivity contribution in [2.75, 3.05) is 6.54 Å². The smallest absolute Gasteiger partial charge is 0.326 e. The first-order valence-corrected chi connectivity index (χ1v) is 11.8. The zero-order valence-corrected chi connectivity index (χ0v) is 20.1. The molecule has 1 aliphatic rings. The van der Waals surface area contributed by atoms with E-state index in [0.717, 1.165) is 12.0 Å². The van der Waals surface area contributed by atoms with Crippen LogP contribution in [0.5, 0.6) is 0 Å². The summed E-state index contributed by atoms with van der Waals surface area (Å²) in [5, 5.41) is 20.2. The van der Waals surface area contributed by atoms with Crippen molar-refractivity contribution in [2.45, 2.75) is 70.1 Å². The fourth-order valence-electron chi connectivity index (χ4n) is 3.86. The normalized spacial score (nSPS) is 18.5. The number of primary amides is 1. The van der Waals surface area contributed by atoms with Crippen LogP contribution in [0.25, 0.3) is 0 Å². The van der Waals surface area contributed by atoms with Crippen molar-refractivity contribution < 1.29 is 29.1 Å². The van der Waals surface area contributed by atoms with Crippen LogP contribution in [0.1, 0.15) is 45.1 Å². The second-order valence-corrected chi connectivity index (χ2v) is 8.84. The molecule has 0 aromatic heterocycles. The van der Waals surface area contributed by atoms with E-state index in [2.05, 4.69) is 21.3 Å². The minimum atomic E-state index is -1.40. The van der Waals surface area contributed by atoms with Gasteiger partial charge in [0.2, 0.25) is 23.6 Å². The van der Waals surface area contributed by atoms with E-state index in [1.165, 1.54) is 0 Å². The van der Waals surface area contributed by atoms with Gasteiger partial charge in [-0.3, -0.25) is 19.2 Å². The molecule has 1 heterocycles. The van der Waals surface area contributed by atoms with E-state index in [1.54, 1.807) is 38.1 Å². The summed E-state index contributed by atoms with van der Waals surface area (Å²) in [7, 11) is 0. The fourth-order valence-corrected chi connectivity index (χ4v) is 3.86. The van der Waals surface area contributed by atoms with Crippen molar-refractivity contribution in [1.82, 2.24) is 21.3 Å². The largest absolute Gasteiger partial charge is 0.480 e. The molecule has 1 aliphatic heterocycles. The summed E-state index contributed by atoms with van der Waals surface area (Å²) in [6, 6.07) is 4.98. The Hall–Kier alpha value is -3.47. The number of nitrogens with two attached hydrogens (primary N) is 1. The third-order valence-corrected chi connectivity index (χ3v) is 6.11. The molecule has 4 amide bonds. The van der Waals surface area contributed by atoms with E-state index in [-0.39, 0.29) is 18.2 Å². The van der Waals surface area contributed by atoms with Gasteiger partial charge < -0.3 is 32.1 Å². The number of carbonyl (C=O) groups excluding carboxylic acids is 4. The highest BCUT2D eigenvalue weighted by Gasteiger charge is 2.33. The van der Waals surface area contributed by atoms with Crippen LogP contribution in [0.15, 0.2) is 30.3 Å². The molecule has 0 bridgehead atoms. The molecule has 5 unspecified atom stereocenters. The predicted molar refractivity (Wildman–Crippen MR) is 128 cm³/mol. The van der Waals surface area contributed by atoms with Crippen LogP contribution < -0.4 is 27.0 Å². The zero-order valence-electron chi connectivity index (χ0n) is 20.1. The Labute approximate surface area is 204 Å². The Kier molecular flexibility index (Phi) is 10.7. The summed E-state index contributed by atoms with van der Waals surface area (Å²) < 4.78 is 0. The summed E-state index contributed by atoms with van der Waals surface area (Å²) in [6.07, 6.45) is 1.60. The van der Waals surface area contributed by atoms with E-state index in [0.29, 0.717) is 19.4 Å². The lowest BCUT2D eigenvalue weighted by Gasteiger charge is -2.26. The van der Waals surface area contributed by atoms with Crippen molar-refractivity contribution in [2.24, 2.45) is 11.7 Å². The average Bonchev–Trinajstić information content (AvgIpc) is 3.36. The SMILES string of the molecule is CCC(C)C(NC(=O)C(CC(N)=O)NC(=O)C(Cc1ccccc1)NC(=O)C1CCCN1)C(=O)O. The van der Waals surface area contributed by atoms with Crippen LogP contribution in [0.4, 0.5) is 0 Å². The summed E-state index contributed by atoms with van der Waals surface area (Å²) in [5.41, 5.74) is 6.07. The molecule has 2 rings (SSSR count). The van der Waals surface area contributed by atoms with Crippen molar-refractivity contribution >= 4 is 29.6 Å². The molecule has 35 heavy (non-hydrogen) atoms. The summed E-state index contributed by atoms with van der Waals surface area (Å²) >= 11 is 0. The molecule has 192 valence electrons. The van der Waals surface area contributed by atoms with Gasteiger partial charge in [-0.25, -0.2) is 4.79 Å². The maximum Gasteiger partial charge on any atom is 0.326 e. The van der Waals surface area contributed by atoms with Crippen molar-refractivity contribution in [3.63, 3.8) is 0 Å². The second kappa shape index (κ2) is 13.4. The van der Waals surface area contributed by atoms with Crippen LogP contribution >= 0.6 is 0 Å². The molecule has 11 nitrogen and oxygen atoms in total.